The monoisotopic (exact) mass is 597 g/mol. The van der Waals surface area contributed by atoms with E-state index in [2.05, 4.69) is 10.3 Å². The molecule has 1 aliphatic carbocycles. The van der Waals surface area contributed by atoms with Gasteiger partial charge in [0.1, 0.15) is 41.6 Å². The van der Waals surface area contributed by atoms with Crippen LogP contribution in [0.25, 0.3) is 0 Å². The summed E-state index contributed by atoms with van der Waals surface area (Å²) in [5.41, 5.74) is -0.598. The topological polar surface area (TPSA) is 106 Å². The zero-order valence-corrected chi connectivity index (χ0v) is 22.4. The van der Waals surface area contributed by atoms with Gasteiger partial charge >= 0.3 is 0 Å². The smallest absolute Gasteiger partial charge is 0.252 e. The van der Waals surface area contributed by atoms with E-state index in [1.807, 2.05) is 6.07 Å². The van der Waals surface area contributed by atoms with Gasteiger partial charge in [-0.1, -0.05) is 18.2 Å². The summed E-state index contributed by atoms with van der Waals surface area (Å²) in [4.78, 5) is 46.4. The number of anilines is 2. The van der Waals surface area contributed by atoms with Crippen molar-refractivity contribution in [3.8, 4) is 6.07 Å². The van der Waals surface area contributed by atoms with Crippen LogP contribution in [-0.2, 0) is 14.4 Å². The van der Waals surface area contributed by atoms with Gasteiger partial charge in [0.2, 0.25) is 5.91 Å². The quantitative estimate of drug-likeness (QED) is 0.304. The molecule has 3 aromatic rings. The van der Waals surface area contributed by atoms with Crippen LogP contribution >= 0.6 is 0 Å². The predicted molar refractivity (Wildman–Crippen MR) is 143 cm³/mol. The lowest BCUT2D eigenvalue weighted by Gasteiger charge is -2.39. The number of benzene rings is 2. The maximum atomic E-state index is 15.3. The molecule has 2 fully saturated rings. The first-order chi connectivity index (χ1) is 20.5. The highest BCUT2D eigenvalue weighted by atomic mass is 19.3. The Balaban J connectivity index is 1.64. The van der Waals surface area contributed by atoms with E-state index in [9.17, 15) is 37.2 Å². The molecule has 1 saturated heterocycles. The fraction of sp³-hybridized carbons (Fsp3) is 0.300. The summed E-state index contributed by atoms with van der Waals surface area (Å²) >= 11 is 0. The van der Waals surface area contributed by atoms with Gasteiger partial charge in [-0.25, -0.2) is 26.9 Å². The van der Waals surface area contributed by atoms with E-state index in [1.54, 1.807) is 0 Å². The van der Waals surface area contributed by atoms with E-state index in [0.717, 1.165) is 23.1 Å². The molecule has 2 heterocycles. The van der Waals surface area contributed by atoms with Gasteiger partial charge in [-0.15, -0.1) is 0 Å². The zero-order valence-electron chi connectivity index (χ0n) is 22.4. The molecular weight excluding hydrogens is 573 g/mol. The van der Waals surface area contributed by atoms with Crippen LogP contribution in [0.4, 0.5) is 33.5 Å². The number of nitrogens with one attached hydrogen (secondary N) is 1. The first kappa shape index (κ1) is 29.6. The number of rotatable bonds is 8. The number of carbonyl (C=O) groups excluding carboxylic acids is 3. The first-order valence-corrected chi connectivity index (χ1v) is 13.3. The van der Waals surface area contributed by atoms with Gasteiger partial charge in [-0.2, -0.15) is 5.26 Å². The number of carbonyl (C=O) groups is 3. The van der Waals surface area contributed by atoms with Crippen LogP contribution in [0.1, 0.15) is 36.4 Å². The maximum Gasteiger partial charge on any atom is 0.252 e. The highest BCUT2D eigenvalue weighted by Crippen LogP contribution is 2.39. The average molecular weight is 598 g/mol. The fourth-order valence-electron chi connectivity index (χ4n) is 5.48. The number of nitriles is 1. The van der Waals surface area contributed by atoms with Gasteiger partial charge in [0.05, 0.1) is 17.3 Å². The summed E-state index contributed by atoms with van der Waals surface area (Å²) in [6.07, 6.45) is 0.495. The predicted octanol–water partition coefficient (Wildman–Crippen LogP) is 4.45. The van der Waals surface area contributed by atoms with Crippen molar-refractivity contribution in [3.63, 3.8) is 0 Å². The van der Waals surface area contributed by atoms with Crippen LogP contribution in [0.15, 0.2) is 60.8 Å². The number of aldehydes is 1. The van der Waals surface area contributed by atoms with E-state index in [-0.39, 0.29) is 29.9 Å². The largest absolute Gasteiger partial charge is 0.351 e. The second kappa shape index (κ2) is 11.8. The SMILES string of the molecule is N#Cc1ccnc(N2CC(C=O)CC2C(=O)N(c2cc(F)cc(F)c2)C(C(=O)NC2CC(F)(F)C2)c2ccccc2F)c1. The second-order valence-corrected chi connectivity index (χ2v) is 10.5. The Labute approximate surface area is 242 Å². The minimum Gasteiger partial charge on any atom is -0.351 e. The Morgan fingerprint density at radius 1 is 1.09 bits per heavy atom. The van der Waals surface area contributed by atoms with Crippen LogP contribution in [0.3, 0.4) is 0 Å². The molecule has 3 atom stereocenters. The van der Waals surface area contributed by atoms with Crippen molar-refractivity contribution in [3.05, 3.63) is 89.4 Å². The van der Waals surface area contributed by atoms with Crippen LogP contribution in [0.2, 0.25) is 0 Å². The minimum absolute atomic E-state index is 0.0130. The van der Waals surface area contributed by atoms with Gasteiger partial charge in [0.15, 0.2) is 0 Å². The molecule has 1 aromatic heterocycles. The summed E-state index contributed by atoms with van der Waals surface area (Å²) < 4.78 is 71.5. The van der Waals surface area contributed by atoms with E-state index in [0.29, 0.717) is 12.4 Å². The number of aromatic nitrogens is 1. The summed E-state index contributed by atoms with van der Waals surface area (Å²) in [6.45, 7) is -0.0130. The lowest BCUT2D eigenvalue weighted by atomic mass is 9.87. The number of hydrogen-bond donors (Lipinski definition) is 1. The molecule has 3 unspecified atom stereocenters. The van der Waals surface area contributed by atoms with E-state index in [4.69, 9.17) is 0 Å². The molecule has 1 saturated carbocycles. The minimum atomic E-state index is -3.01. The Hall–Kier alpha value is -4.86. The lowest BCUT2D eigenvalue weighted by molar-refractivity contribution is -0.133. The summed E-state index contributed by atoms with van der Waals surface area (Å²) in [5.74, 6) is -8.69. The molecule has 0 spiro atoms. The van der Waals surface area contributed by atoms with Gasteiger partial charge in [-0.05, 0) is 36.8 Å². The van der Waals surface area contributed by atoms with Gasteiger partial charge in [0.25, 0.3) is 11.8 Å². The molecule has 2 aliphatic rings. The van der Waals surface area contributed by atoms with Crippen molar-refractivity contribution in [2.75, 3.05) is 16.3 Å². The lowest BCUT2D eigenvalue weighted by Crippen LogP contribution is -2.56. The average Bonchev–Trinajstić information content (AvgIpc) is 3.39. The van der Waals surface area contributed by atoms with Gasteiger partial charge in [-0.3, -0.25) is 14.5 Å². The van der Waals surface area contributed by atoms with Crippen molar-refractivity contribution < 1.29 is 36.3 Å². The summed E-state index contributed by atoms with van der Waals surface area (Å²) in [5, 5.41) is 11.8. The van der Waals surface area contributed by atoms with E-state index in [1.165, 1.54) is 41.4 Å². The Kier molecular flexibility index (Phi) is 8.12. The second-order valence-electron chi connectivity index (χ2n) is 10.5. The van der Waals surface area contributed by atoms with Crippen molar-refractivity contribution in [2.24, 2.45) is 5.92 Å². The first-order valence-electron chi connectivity index (χ1n) is 13.3. The molecule has 2 aromatic carbocycles. The molecule has 5 rings (SSSR count). The van der Waals surface area contributed by atoms with Crippen molar-refractivity contribution >= 4 is 29.6 Å². The third kappa shape index (κ3) is 6.18. The van der Waals surface area contributed by atoms with E-state index < -0.39 is 77.8 Å². The molecule has 222 valence electrons. The Bertz CT molecular complexity index is 1580. The van der Waals surface area contributed by atoms with Gasteiger partial charge in [0, 0.05) is 49.2 Å². The number of alkyl halides is 2. The molecule has 13 heteroatoms. The summed E-state index contributed by atoms with van der Waals surface area (Å²) in [7, 11) is 0. The molecule has 1 N–H and O–H groups in total. The standard InChI is InChI=1S/C30H24F5N5O3/c31-19-9-20(32)11-22(10-19)40(27(23-3-1-2-4-24(23)33)28(42)38-21-12-30(34,35)13-21)29(43)25-7-18(16-41)15-39(25)26-8-17(14-36)5-6-37-26/h1-6,8-11,16,18,21,25,27H,7,12-13,15H2,(H,38,42). The molecule has 43 heavy (non-hydrogen) atoms. The maximum absolute atomic E-state index is 15.3. The van der Waals surface area contributed by atoms with Crippen molar-refractivity contribution in [1.29, 1.82) is 5.26 Å². The fourth-order valence-corrected chi connectivity index (χ4v) is 5.48. The van der Waals surface area contributed by atoms with E-state index >= 15 is 4.39 Å². The highest BCUT2D eigenvalue weighted by Gasteiger charge is 2.48. The number of halogens is 5. The van der Waals surface area contributed by atoms with Crippen LogP contribution in [0, 0.1) is 34.7 Å². The highest BCUT2D eigenvalue weighted by molar-refractivity contribution is 6.05. The van der Waals surface area contributed by atoms with Crippen LogP contribution in [0.5, 0.6) is 0 Å². The van der Waals surface area contributed by atoms with Crippen molar-refractivity contribution in [1.82, 2.24) is 10.3 Å². The molecule has 0 radical (unpaired) electrons. The molecule has 8 nitrogen and oxygen atoms in total. The molecule has 1 aliphatic heterocycles. The number of amides is 2. The normalized spacial score (nSPS) is 20.0. The molecule has 2 amide bonds. The third-order valence-electron chi connectivity index (χ3n) is 7.49. The van der Waals surface area contributed by atoms with Crippen LogP contribution < -0.4 is 15.1 Å². The number of hydrogen-bond acceptors (Lipinski definition) is 6. The van der Waals surface area contributed by atoms with Gasteiger partial charge < -0.3 is 15.0 Å². The summed E-state index contributed by atoms with van der Waals surface area (Å²) in [6, 6.07) is 7.67. The van der Waals surface area contributed by atoms with Crippen molar-refractivity contribution in [2.45, 2.75) is 43.3 Å². The third-order valence-corrected chi connectivity index (χ3v) is 7.49. The Morgan fingerprint density at radius 2 is 1.79 bits per heavy atom. The zero-order chi connectivity index (χ0) is 30.9. The molecular formula is C30H24F5N5O3. The Morgan fingerprint density at radius 3 is 2.42 bits per heavy atom. The molecule has 0 bridgehead atoms. The van der Waals surface area contributed by atoms with Crippen LogP contribution in [-0.4, -0.2) is 47.6 Å². The number of pyridine rings is 1. The number of nitrogens with zero attached hydrogens (tertiary/aromatic N) is 4.